The highest BCUT2D eigenvalue weighted by atomic mass is 19.3. The van der Waals surface area contributed by atoms with E-state index < -0.39 is 78.9 Å². The van der Waals surface area contributed by atoms with Crippen LogP contribution in [0.25, 0.3) is 0 Å². The molecule has 1 saturated heterocycles. The van der Waals surface area contributed by atoms with E-state index in [0.717, 1.165) is 0 Å². The van der Waals surface area contributed by atoms with Gasteiger partial charge in [0.25, 0.3) is 5.79 Å². The molecule has 0 saturated carbocycles. The van der Waals surface area contributed by atoms with Gasteiger partial charge < -0.3 is 46.4 Å². The smallest absolute Gasteiger partial charge is 0.303 e. The molecule has 7 atom stereocenters. The number of hydrogen-bond acceptors (Lipinski definition) is 10. The maximum absolute atomic E-state index is 14.6. The standard InChI is InChI=1S/C21H36F2N2O10/c1-11(13(27)7-8-15(28)29)25-19(33)12(24)6-4-2-3-5-9-20(22,23)21(34)18(32)17(31)16(30)14(10-26)35-21/h11-12,14,16-18,26,30-32,34H,2-10,24H2,1H3,(H,25,33)(H,28,29)/t11-,12-,14+,16-,17-,18+,21?/m0/s1. The molecule has 0 spiro atoms. The Balaban J connectivity index is 2.41. The van der Waals surface area contributed by atoms with Crippen molar-refractivity contribution < 1.29 is 58.5 Å². The molecular weight excluding hydrogens is 478 g/mol. The second-order valence-electron chi connectivity index (χ2n) is 8.82. The number of ketones is 1. The van der Waals surface area contributed by atoms with Gasteiger partial charge in [-0.2, -0.15) is 0 Å². The predicted octanol–water partition coefficient (Wildman–Crippen LogP) is -1.61. The van der Waals surface area contributed by atoms with Gasteiger partial charge in [-0.05, 0) is 19.8 Å². The van der Waals surface area contributed by atoms with E-state index in [1.807, 2.05) is 0 Å². The highest BCUT2D eigenvalue weighted by Gasteiger charge is 2.65. The summed E-state index contributed by atoms with van der Waals surface area (Å²) in [6, 6.07) is -1.86. The summed E-state index contributed by atoms with van der Waals surface area (Å²) in [4.78, 5) is 34.4. The number of aliphatic hydroxyl groups is 5. The Morgan fingerprint density at radius 1 is 1.09 bits per heavy atom. The lowest BCUT2D eigenvalue weighted by Crippen LogP contribution is -2.71. The topological polar surface area (TPSA) is 220 Å². The average molecular weight is 515 g/mol. The summed E-state index contributed by atoms with van der Waals surface area (Å²) in [5, 5.41) is 59.7. The molecule has 1 heterocycles. The monoisotopic (exact) mass is 514 g/mol. The van der Waals surface area contributed by atoms with Crippen molar-refractivity contribution in [3.05, 3.63) is 0 Å². The number of aliphatic carboxylic acids is 1. The quantitative estimate of drug-likeness (QED) is 0.116. The second-order valence-corrected chi connectivity index (χ2v) is 8.82. The van der Waals surface area contributed by atoms with Crippen LogP contribution in [0.1, 0.15) is 58.3 Å². The molecule has 0 aromatic rings. The first-order chi connectivity index (χ1) is 16.2. The number of rotatable bonds is 15. The fraction of sp³-hybridized carbons (Fsp3) is 0.857. The fourth-order valence-electron chi connectivity index (χ4n) is 3.68. The molecular formula is C21H36F2N2O10. The minimum atomic E-state index is -4.01. The third kappa shape index (κ3) is 8.37. The van der Waals surface area contributed by atoms with Crippen molar-refractivity contribution in [2.75, 3.05) is 6.61 Å². The van der Waals surface area contributed by atoms with Gasteiger partial charge in [0.2, 0.25) is 5.91 Å². The summed E-state index contributed by atoms with van der Waals surface area (Å²) in [6.07, 6.45) is -8.63. The van der Waals surface area contributed by atoms with Crippen molar-refractivity contribution in [3.63, 3.8) is 0 Å². The van der Waals surface area contributed by atoms with Crippen molar-refractivity contribution in [3.8, 4) is 0 Å². The zero-order chi connectivity index (χ0) is 27.0. The van der Waals surface area contributed by atoms with Gasteiger partial charge in [0.05, 0.1) is 25.1 Å². The Morgan fingerprint density at radius 2 is 1.69 bits per heavy atom. The third-order valence-corrected chi connectivity index (χ3v) is 6.01. The zero-order valence-corrected chi connectivity index (χ0v) is 19.5. The minimum Gasteiger partial charge on any atom is -0.481 e. The number of nitrogens with two attached hydrogens (primary N) is 1. The van der Waals surface area contributed by atoms with E-state index in [2.05, 4.69) is 10.1 Å². The molecule has 1 fully saturated rings. The van der Waals surface area contributed by atoms with E-state index in [9.17, 15) is 43.6 Å². The molecule has 1 aliphatic heterocycles. The summed E-state index contributed by atoms with van der Waals surface area (Å²) in [7, 11) is 0. The number of carbonyl (C=O) groups is 3. The van der Waals surface area contributed by atoms with Crippen LogP contribution in [0.2, 0.25) is 0 Å². The van der Waals surface area contributed by atoms with Crippen molar-refractivity contribution >= 4 is 17.7 Å². The van der Waals surface area contributed by atoms with Gasteiger partial charge in [-0.15, -0.1) is 0 Å². The average Bonchev–Trinajstić information content (AvgIpc) is 2.79. The maximum Gasteiger partial charge on any atom is 0.303 e. The fourth-order valence-corrected chi connectivity index (χ4v) is 3.68. The third-order valence-electron chi connectivity index (χ3n) is 6.01. The van der Waals surface area contributed by atoms with Crippen LogP contribution in [0.4, 0.5) is 8.78 Å². The van der Waals surface area contributed by atoms with Gasteiger partial charge >= 0.3 is 11.9 Å². The van der Waals surface area contributed by atoms with Crippen molar-refractivity contribution in [2.24, 2.45) is 5.73 Å². The SMILES string of the molecule is C[C@H](NC(=O)[C@@H](N)CCCCCCC(F)(F)C1(O)O[C@H](CO)[C@H](O)[C@H](O)[C@H]1O)C(=O)CCC(=O)O. The van der Waals surface area contributed by atoms with Crippen LogP contribution in [-0.4, -0.2) is 103 Å². The molecule has 1 aliphatic rings. The highest BCUT2D eigenvalue weighted by molar-refractivity contribution is 5.91. The van der Waals surface area contributed by atoms with E-state index in [4.69, 9.17) is 15.9 Å². The van der Waals surface area contributed by atoms with Gasteiger partial charge in [-0.1, -0.05) is 19.3 Å². The molecule has 204 valence electrons. The minimum absolute atomic E-state index is 0.121. The number of nitrogens with one attached hydrogen (secondary N) is 1. The molecule has 0 bridgehead atoms. The van der Waals surface area contributed by atoms with Crippen LogP contribution >= 0.6 is 0 Å². The molecule has 0 aliphatic carbocycles. The zero-order valence-electron chi connectivity index (χ0n) is 19.5. The van der Waals surface area contributed by atoms with Crippen LogP contribution in [0.15, 0.2) is 0 Å². The van der Waals surface area contributed by atoms with Gasteiger partial charge in [-0.3, -0.25) is 14.4 Å². The number of carbonyl (C=O) groups excluding carboxylic acids is 2. The van der Waals surface area contributed by atoms with Crippen LogP contribution in [-0.2, 0) is 19.1 Å². The summed E-state index contributed by atoms with van der Waals surface area (Å²) in [5.41, 5.74) is 5.77. The number of carboxylic acid groups (broad SMARTS) is 1. The number of amides is 1. The Morgan fingerprint density at radius 3 is 2.26 bits per heavy atom. The van der Waals surface area contributed by atoms with E-state index in [-0.39, 0.29) is 32.1 Å². The summed E-state index contributed by atoms with van der Waals surface area (Å²) in [5.74, 6) is -9.69. The van der Waals surface area contributed by atoms with E-state index in [1.165, 1.54) is 6.92 Å². The van der Waals surface area contributed by atoms with Crippen LogP contribution < -0.4 is 11.1 Å². The molecule has 35 heavy (non-hydrogen) atoms. The lowest BCUT2D eigenvalue weighted by molar-refractivity contribution is -0.412. The summed E-state index contributed by atoms with van der Waals surface area (Å²) < 4.78 is 34.0. The largest absolute Gasteiger partial charge is 0.481 e. The Labute approximate surface area is 201 Å². The van der Waals surface area contributed by atoms with Crippen LogP contribution in [0, 0.1) is 0 Å². The number of aliphatic hydroxyl groups excluding tert-OH is 4. The number of carboxylic acids is 1. The molecule has 0 aromatic heterocycles. The summed E-state index contributed by atoms with van der Waals surface area (Å²) in [6.45, 7) is 0.449. The molecule has 1 amide bonds. The van der Waals surface area contributed by atoms with Gasteiger partial charge in [0.1, 0.15) is 24.4 Å². The molecule has 14 heteroatoms. The number of hydrogen-bond donors (Lipinski definition) is 8. The van der Waals surface area contributed by atoms with E-state index >= 15 is 0 Å². The predicted molar refractivity (Wildman–Crippen MR) is 115 cm³/mol. The van der Waals surface area contributed by atoms with Crippen molar-refractivity contribution in [1.29, 1.82) is 0 Å². The first kappa shape index (κ1) is 31.2. The molecule has 1 rings (SSSR count). The number of ether oxygens (including phenoxy) is 1. The van der Waals surface area contributed by atoms with E-state index in [0.29, 0.717) is 12.8 Å². The number of Topliss-reactive ketones (excluding diaryl/α,β-unsaturated/α-hetero) is 1. The van der Waals surface area contributed by atoms with Gasteiger partial charge in [0, 0.05) is 12.8 Å². The lowest BCUT2D eigenvalue weighted by atomic mass is 9.87. The molecule has 0 radical (unpaired) electrons. The van der Waals surface area contributed by atoms with Crippen molar-refractivity contribution in [1.82, 2.24) is 5.32 Å². The molecule has 0 aromatic carbocycles. The van der Waals surface area contributed by atoms with Crippen LogP contribution in [0.5, 0.6) is 0 Å². The Kier molecular flexibility index (Phi) is 12.0. The second kappa shape index (κ2) is 13.5. The Bertz CT molecular complexity index is 726. The first-order valence-corrected chi connectivity index (χ1v) is 11.4. The molecule has 9 N–H and O–H groups in total. The maximum atomic E-state index is 14.6. The van der Waals surface area contributed by atoms with Crippen molar-refractivity contribution in [2.45, 2.75) is 106 Å². The van der Waals surface area contributed by atoms with Gasteiger partial charge in [0.15, 0.2) is 5.78 Å². The van der Waals surface area contributed by atoms with Crippen LogP contribution in [0.3, 0.4) is 0 Å². The molecule has 12 nitrogen and oxygen atoms in total. The number of halogens is 2. The number of alkyl halides is 2. The van der Waals surface area contributed by atoms with Gasteiger partial charge in [-0.25, -0.2) is 8.78 Å². The summed E-state index contributed by atoms with van der Waals surface area (Å²) >= 11 is 0. The normalized spacial score (nSPS) is 28.8. The van der Waals surface area contributed by atoms with E-state index in [1.54, 1.807) is 0 Å². The molecule has 1 unspecified atom stereocenters. The Hall–Kier alpha value is -1.81. The lowest BCUT2D eigenvalue weighted by Gasteiger charge is -2.48. The number of unbranched alkanes of at least 4 members (excludes halogenated alkanes) is 3. The highest BCUT2D eigenvalue weighted by Crippen LogP contribution is 2.42. The first-order valence-electron chi connectivity index (χ1n) is 11.4.